The second kappa shape index (κ2) is 9.18. The lowest BCUT2D eigenvalue weighted by Gasteiger charge is -2.37. The van der Waals surface area contributed by atoms with Gasteiger partial charge in [-0.15, -0.1) is 11.3 Å². The fraction of sp³-hybridized carbons (Fsp3) is 0.478. The minimum absolute atomic E-state index is 0.0178. The van der Waals surface area contributed by atoms with Crippen molar-refractivity contribution in [1.29, 1.82) is 0 Å². The van der Waals surface area contributed by atoms with Crippen LogP contribution < -0.4 is 10.1 Å². The van der Waals surface area contributed by atoms with Crippen molar-refractivity contribution in [3.8, 4) is 5.75 Å². The number of fused-ring (bicyclic) bond motifs is 1. The molecule has 0 bridgehead atoms. The van der Waals surface area contributed by atoms with E-state index in [1.54, 1.807) is 6.07 Å². The molecule has 0 radical (unpaired) electrons. The van der Waals surface area contributed by atoms with Crippen molar-refractivity contribution in [2.45, 2.75) is 32.9 Å². The molecule has 2 amide bonds. The van der Waals surface area contributed by atoms with E-state index in [9.17, 15) is 9.59 Å². The molecule has 1 aromatic carbocycles. The number of piperazine rings is 1. The number of amides is 2. The summed E-state index contributed by atoms with van der Waals surface area (Å²) in [5.74, 6) is 0.895. The molecule has 1 atom stereocenters. The fourth-order valence-corrected chi connectivity index (χ4v) is 4.68. The molecule has 2 aromatic rings. The molecule has 1 aromatic heterocycles. The molecule has 4 rings (SSSR count). The monoisotopic (exact) mass is 427 g/mol. The van der Waals surface area contributed by atoms with E-state index in [2.05, 4.69) is 28.4 Å². The Hall–Kier alpha value is -2.38. The average molecular weight is 428 g/mol. The van der Waals surface area contributed by atoms with Crippen LogP contribution in [0, 0.1) is 5.92 Å². The van der Waals surface area contributed by atoms with E-state index in [1.165, 1.54) is 22.5 Å². The van der Waals surface area contributed by atoms with E-state index in [1.807, 2.05) is 30.2 Å². The Kier molecular flexibility index (Phi) is 6.39. The molecule has 2 aliphatic rings. The van der Waals surface area contributed by atoms with E-state index in [0.29, 0.717) is 18.0 Å². The van der Waals surface area contributed by atoms with Crippen LogP contribution in [0.25, 0.3) is 0 Å². The number of carbonyl (C=O) groups is 2. The van der Waals surface area contributed by atoms with Crippen LogP contribution in [0.1, 0.15) is 34.6 Å². The Bertz CT molecular complexity index is 889. The summed E-state index contributed by atoms with van der Waals surface area (Å²) in [6.45, 7) is 8.66. The van der Waals surface area contributed by atoms with Gasteiger partial charge in [-0.3, -0.25) is 14.5 Å². The summed E-state index contributed by atoms with van der Waals surface area (Å²) in [6, 6.07) is 9.58. The second-order valence-electron chi connectivity index (χ2n) is 8.31. The fourth-order valence-electron chi connectivity index (χ4n) is 4.05. The third kappa shape index (κ3) is 4.68. The molecule has 1 N–H and O–H groups in total. The first-order valence-corrected chi connectivity index (χ1v) is 11.5. The van der Waals surface area contributed by atoms with Crippen molar-refractivity contribution in [1.82, 2.24) is 15.1 Å². The summed E-state index contributed by atoms with van der Waals surface area (Å²) in [7, 11) is 0. The Morgan fingerprint density at radius 1 is 1.17 bits per heavy atom. The number of hydrogen-bond acceptors (Lipinski definition) is 5. The van der Waals surface area contributed by atoms with Gasteiger partial charge in [0.05, 0.1) is 11.5 Å². The number of ether oxygens (including phenoxy) is 1. The van der Waals surface area contributed by atoms with Gasteiger partial charge in [-0.1, -0.05) is 32.0 Å². The van der Waals surface area contributed by atoms with Crippen LogP contribution >= 0.6 is 11.3 Å². The smallest absolute Gasteiger partial charge is 0.262 e. The lowest BCUT2D eigenvalue weighted by atomic mass is 10.0. The molecule has 0 aliphatic carbocycles. The lowest BCUT2D eigenvalue weighted by Crippen LogP contribution is -2.56. The van der Waals surface area contributed by atoms with Gasteiger partial charge < -0.3 is 15.0 Å². The number of hydrogen-bond donors (Lipinski definition) is 1. The molecule has 30 heavy (non-hydrogen) atoms. The van der Waals surface area contributed by atoms with Crippen molar-refractivity contribution >= 4 is 23.2 Å². The van der Waals surface area contributed by atoms with Crippen LogP contribution in [-0.4, -0.2) is 60.4 Å². The van der Waals surface area contributed by atoms with Gasteiger partial charge in [0, 0.05) is 39.1 Å². The third-order valence-electron chi connectivity index (χ3n) is 5.81. The number of thiophene rings is 1. The zero-order valence-electron chi connectivity index (χ0n) is 17.6. The summed E-state index contributed by atoms with van der Waals surface area (Å²) in [5, 5.41) is 4.82. The van der Waals surface area contributed by atoms with Gasteiger partial charge in [-0.25, -0.2) is 0 Å². The zero-order valence-corrected chi connectivity index (χ0v) is 18.4. The molecular formula is C23H29N3O3S. The Morgan fingerprint density at radius 3 is 2.67 bits per heavy atom. The predicted molar refractivity (Wildman–Crippen MR) is 118 cm³/mol. The molecule has 160 valence electrons. The summed E-state index contributed by atoms with van der Waals surface area (Å²) in [4.78, 5) is 30.5. The van der Waals surface area contributed by atoms with Crippen molar-refractivity contribution < 1.29 is 14.3 Å². The zero-order chi connectivity index (χ0) is 21.1. The first-order valence-electron chi connectivity index (χ1n) is 10.6. The van der Waals surface area contributed by atoms with E-state index < -0.39 is 6.04 Å². The van der Waals surface area contributed by atoms with Crippen LogP contribution in [-0.2, 0) is 17.8 Å². The largest absolute Gasteiger partial charge is 0.493 e. The molecule has 0 spiro atoms. The average Bonchev–Trinajstić information content (AvgIpc) is 3.43. The Morgan fingerprint density at radius 2 is 1.97 bits per heavy atom. The maximum atomic E-state index is 13.1. The van der Waals surface area contributed by atoms with Crippen LogP contribution in [0.15, 0.2) is 35.7 Å². The molecular weight excluding hydrogens is 398 g/mol. The van der Waals surface area contributed by atoms with E-state index in [-0.39, 0.29) is 17.7 Å². The minimum atomic E-state index is -0.497. The molecule has 1 fully saturated rings. The summed E-state index contributed by atoms with van der Waals surface area (Å²) >= 11 is 1.39. The SMILES string of the molecule is CC(C)[C@H](NC(=O)c1cccs1)C(=O)N1CCN(Cc2ccc3c(c2)CCO3)CC1. The minimum Gasteiger partial charge on any atom is -0.493 e. The van der Waals surface area contributed by atoms with Gasteiger partial charge in [0.2, 0.25) is 5.91 Å². The Labute approximate surface area is 181 Å². The van der Waals surface area contributed by atoms with Crippen molar-refractivity contribution in [2.75, 3.05) is 32.8 Å². The first kappa shape index (κ1) is 20.9. The van der Waals surface area contributed by atoms with Gasteiger partial charge in [-0.2, -0.15) is 0 Å². The number of rotatable bonds is 6. The van der Waals surface area contributed by atoms with E-state index in [4.69, 9.17) is 4.74 Å². The molecule has 0 saturated carbocycles. The van der Waals surface area contributed by atoms with Gasteiger partial charge in [0.15, 0.2) is 0 Å². The quantitative estimate of drug-likeness (QED) is 0.770. The number of nitrogens with one attached hydrogen (secondary N) is 1. The van der Waals surface area contributed by atoms with Crippen molar-refractivity contribution in [3.63, 3.8) is 0 Å². The molecule has 3 heterocycles. The maximum Gasteiger partial charge on any atom is 0.262 e. The normalized spacial score (nSPS) is 17.5. The van der Waals surface area contributed by atoms with E-state index >= 15 is 0 Å². The second-order valence-corrected chi connectivity index (χ2v) is 9.26. The standard InChI is InChI=1S/C23H29N3O3S/c1-16(2)21(24-22(27)20-4-3-13-30-20)23(28)26-10-8-25(9-11-26)15-17-5-6-19-18(14-17)7-12-29-19/h3-6,13-14,16,21H,7-12,15H2,1-2H3,(H,24,27)/t21-/m0/s1. The molecule has 6 nitrogen and oxygen atoms in total. The van der Waals surface area contributed by atoms with Crippen LogP contribution in [0.5, 0.6) is 5.75 Å². The van der Waals surface area contributed by atoms with Gasteiger partial charge in [0.25, 0.3) is 5.91 Å². The van der Waals surface area contributed by atoms with Crippen LogP contribution in [0.2, 0.25) is 0 Å². The van der Waals surface area contributed by atoms with Crippen molar-refractivity contribution in [2.24, 2.45) is 5.92 Å². The molecule has 0 unspecified atom stereocenters. The predicted octanol–water partition coefficient (Wildman–Crippen LogP) is 2.78. The highest BCUT2D eigenvalue weighted by molar-refractivity contribution is 7.12. The highest BCUT2D eigenvalue weighted by Gasteiger charge is 2.31. The van der Waals surface area contributed by atoms with Gasteiger partial charge in [-0.05, 0) is 34.6 Å². The number of carbonyl (C=O) groups excluding carboxylic acids is 2. The van der Waals surface area contributed by atoms with Crippen LogP contribution in [0.3, 0.4) is 0 Å². The van der Waals surface area contributed by atoms with Gasteiger partial charge >= 0.3 is 0 Å². The van der Waals surface area contributed by atoms with Gasteiger partial charge in [0.1, 0.15) is 11.8 Å². The molecule has 2 aliphatic heterocycles. The lowest BCUT2D eigenvalue weighted by molar-refractivity contribution is -0.136. The highest BCUT2D eigenvalue weighted by Crippen LogP contribution is 2.26. The maximum absolute atomic E-state index is 13.1. The molecule has 1 saturated heterocycles. The highest BCUT2D eigenvalue weighted by atomic mass is 32.1. The van der Waals surface area contributed by atoms with E-state index in [0.717, 1.165) is 38.4 Å². The third-order valence-corrected chi connectivity index (χ3v) is 6.68. The first-order chi connectivity index (χ1) is 14.5. The summed E-state index contributed by atoms with van der Waals surface area (Å²) in [5.41, 5.74) is 2.59. The number of nitrogens with zero attached hydrogens (tertiary/aromatic N) is 2. The van der Waals surface area contributed by atoms with Crippen LogP contribution in [0.4, 0.5) is 0 Å². The Balaban J connectivity index is 1.31. The molecule has 7 heteroatoms. The summed E-state index contributed by atoms with van der Waals surface area (Å²) < 4.78 is 5.59. The topological polar surface area (TPSA) is 61.9 Å². The van der Waals surface area contributed by atoms with Crippen molar-refractivity contribution in [3.05, 3.63) is 51.7 Å². The summed E-state index contributed by atoms with van der Waals surface area (Å²) in [6.07, 6.45) is 0.985. The number of benzene rings is 1.